The van der Waals surface area contributed by atoms with Crippen LogP contribution in [0.2, 0.25) is 0 Å². The molecule has 2 unspecified atom stereocenters. The largest absolute Gasteiger partial charge is 0.203 e. The van der Waals surface area contributed by atoms with Crippen LogP contribution in [0.3, 0.4) is 0 Å². The Hall–Kier alpha value is -2.41. The van der Waals surface area contributed by atoms with E-state index in [1.54, 1.807) is 0 Å². The number of unbranched alkanes of at least 4 members (excludes halogenated alkanes) is 1. The van der Waals surface area contributed by atoms with E-state index in [0.717, 1.165) is 12.8 Å². The molecule has 1 saturated carbocycles. The summed E-state index contributed by atoms with van der Waals surface area (Å²) < 4.78 is 2.46. The Morgan fingerprint density at radius 3 is 2.37 bits per heavy atom. The lowest BCUT2D eigenvalue weighted by Gasteiger charge is -2.22. The van der Waals surface area contributed by atoms with Crippen LogP contribution in [0, 0.1) is 13.8 Å². The van der Waals surface area contributed by atoms with Gasteiger partial charge in [-0.2, -0.15) is 4.57 Å². The number of aryl methyl sites for hydroxylation is 3. The van der Waals surface area contributed by atoms with E-state index in [-0.39, 0.29) is 11.0 Å². The van der Waals surface area contributed by atoms with Gasteiger partial charge in [-0.1, -0.05) is 69.7 Å². The number of allylic oxidation sites excluding steroid dienone is 1. The molecule has 0 spiro atoms. The molecule has 1 fully saturated rings. The number of pyridine rings is 1. The number of rotatable bonds is 7. The molecule has 1 heterocycles. The molecule has 2 aromatic carbocycles. The summed E-state index contributed by atoms with van der Waals surface area (Å²) in [5.74, 6) is 0. The molecule has 0 N–H and O–H groups in total. The first-order valence-electron chi connectivity index (χ1n) is 11.7. The first-order valence-corrected chi connectivity index (χ1v) is 11.7. The van der Waals surface area contributed by atoms with Crippen LogP contribution in [0.25, 0.3) is 10.8 Å². The molecule has 0 saturated heterocycles. The van der Waals surface area contributed by atoms with Crippen molar-refractivity contribution in [1.82, 2.24) is 0 Å². The van der Waals surface area contributed by atoms with Crippen LogP contribution in [0.4, 0.5) is 0 Å². The first-order chi connectivity index (χ1) is 14.4. The second-order valence-corrected chi connectivity index (χ2v) is 9.19. The highest BCUT2D eigenvalue weighted by atomic mass is 15.1. The fourth-order valence-electron chi connectivity index (χ4n) is 6.04. The minimum atomic E-state index is -0.0448. The van der Waals surface area contributed by atoms with Crippen molar-refractivity contribution >= 4 is 10.8 Å². The summed E-state index contributed by atoms with van der Waals surface area (Å²) in [6.07, 6.45) is 10.4. The third-order valence-electron chi connectivity index (χ3n) is 7.65. The van der Waals surface area contributed by atoms with Crippen molar-refractivity contribution in [3.63, 3.8) is 0 Å². The molecule has 0 bridgehead atoms. The predicted molar refractivity (Wildman–Crippen MR) is 128 cm³/mol. The van der Waals surface area contributed by atoms with Gasteiger partial charge in [-0.15, -0.1) is 0 Å². The van der Waals surface area contributed by atoms with Gasteiger partial charge in [0.2, 0.25) is 5.54 Å². The van der Waals surface area contributed by atoms with Crippen LogP contribution in [-0.2, 0) is 17.4 Å². The average Bonchev–Trinajstić information content (AvgIpc) is 3.30. The second kappa shape index (κ2) is 7.69. The highest BCUT2D eigenvalue weighted by molar-refractivity contribution is 5.81. The Labute approximate surface area is 182 Å². The zero-order valence-corrected chi connectivity index (χ0v) is 19.4. The number of hydrogen-bond donors (Lipinski definition) is 0. The summed E-state index contributed by atoms with van der Waals surface area (Å²) in [4.78, 5) is 0. The summed E-state index contributed by atoms with van der Waals surface area (Å²) in [5, 5.41) is 2.65. The molecule has 4 rings (SSSR count). The smallest absolute Gasteiger partial charge is 0.194 e. The molecule has 0 aliphatic heterocycles. The predicted octanol–water partition coefficient (Wildman–Crippen LogP) is 7.11. The van der Waals surface area contributed by atoms with Gasteiger partial charge < -0.3 is 0 Å². The number of fused-ring (bicyclic) bond motifs is 1. The molecule has 30 heavy (non-hydrogen) atoms. The summed E-state index contributed by atoms with van der Waals surface area (Å²) in [6.45, 7) is 16.0. The highest BCUT2D eigenvalue weighted by Crippen LogP contribution is 2.68. The van der Waals surface area contributed by atoms with E-state index >= 15 is 0 Å². The van der Waals surface area contributed by atoms with Crippen molar-refractivity contribution in [1.29, 1.82) is 0 Å². The SMILES string of the molecule is C=C1C(CC)(c2ccc(C)cc2C)C1(CC)[n+]1ccc2cc(CCCC)ccc2c1. The van der Waals surface area contributed by atoms with E-state index in [9.17, 15) is 0 Å². The third-order valence-corrected chi connectivity index (χ3v) is 7.65. The van der Waals surface area contributed by atoms with Crippen molar-refractivity contribution in [3.05, 3.63) is 89.3 Å². The molecule has 1 aromatic heterocycles. The fourth-order valence-corrected chi connectivity index (χ4v) is 6.04. The van der Waals surface area contributed by atoms with Crippen LogP contribution in [0.5, 0.6) is 0 Å². The maximum absolute atomic E-state index is 4.64. The van der Waals surface area contributed by atoms with Crippen LogP contribution in [-0.4, -0.2) is 0 Å². The third kappa shape index (κ3) is 2.86. The maximum Gasteiger partial charge on any atom is 0.203 e. The van der Waals surface area contributed by atoms with E-state index in [1.165, 1.54) is 57.9 Å². The Bertz CT molecular complexity index is 1110. The van der Waals surface area contributed by atoms with Gasteiger partial charge in [0, 0.05) is 23.4 Å². The van der Waals surface area contributed by atoms with Crippen LogP contribution in [0.15, 0.2) is 67.0 Å². The lowest BCUT2D eigenvalue weighted by atomic mass is 9.83. The van der Waals surface area contributed by atoms with E-state index in [2.05, 4.69) is 101 Å². The van der Waals surface area contributed by atoms with Crippen molar-refractivity contribution in [2.75, 3.05) is 0 Å². The molecule has 1 aliphatic rings. The van der Waals surface area contributed by atoms with Crippen molar-refractivity contribution < 1.29 is 4.57 Å². The topological polar surface area (TPSA) is 3.88 Å². The molecule has 0 amide bonds. The average molecular weight is 399 g/mol. The lowest BCUT2D eigenvalue weighted by Crippen LogP contribution is -2.50. The van der Waals surface area contributed by atoms with Crippen LogP contribution >= 0.6 is 0 Å². The van der Waals surface area contributed by atoms with Gasteiger partial charge in [0.05, 0.1) is 5.41 Å². The Morgan fingerprint density at radius 2 is 1.70 bits per heavy atom. The molecule has 3 aromatic rings. The molecule has 156 valence electrons. The van der Waals surface area contributed by atoms with Gasteiger partial charge in [-0.3, -0.25) is 0 Å². The fraction of sp³-hybridized carbons (Fsp3) is 0.414. The zero-order chi connectivity index (χ0) is 21.5. The summed E-state index contributed by atoms with van der Waals surface area (Å²) >= 11 is 0. The van der Waals surface area contributed by atoms with Crippen molar-refractivity contribution in [3.8, 4) is 0 Å². The van der Waals surface area contributed by atoms with E-state index in [1.807, 2.05) is 0 Å². The van der Waals surface area contributed by atoms with Gasteiger partial charge in [0.25, 0.3) is 0 Å². The van der Waals surface area contributed by atoms with E-state index in [0.29, 0.717) is 0 Å². The van der Waals surface area contributed by atoms with Gasteiger partial charge in [0.1, 0.15) is 0 Å². The van der Waals surface area contributed by atoms with E-state index < -0.39 is 0 Å². The minimum absolute atomic E-state index is 0.0128. The molecule has 0 radical (unpaired) electrons. The van der Waals surface area contributed by atoms with E-state index in [4.69, 9.17) is 0 Å². The minimum Gasteiger partial charge on any atom is -0.194 e. The quantitative estimate of drug-likeness (QED) is 0.295. The number of nitrogens with zero attached hydrogens (tertiary/aromatic N) is 1. The number of hydrogen-bond acceptors (Lipinski definition) is 0. The Balaban J connectivity index is 1.80. The summed E-state index contributed by atoms with van der Waals surface area (Å²) in [7, 11) is 0. The van der Waals surface area contributed by atoms with Crippen molar-refractivity contribution in [2.45, 2.75) is 77.7 Å². The van der Waals surface area contributed by atoms with Crippen molar-refractivity contribution in [2.24, 2.45) is 0 Å². The number of aromatic nitrogens is 1. The Kier molecular flexibility index (Phi) is 5.34. The molecule has 1 nitrogen and oxygen atoms in total. The lowest BCUT2D eigenvalue weighted by molar-refractivity contribution is -0.739. The maximum atomic E-state index is 4.64. The summed E-state index contributed by atoms with van der Waals surface area (Å²) in [5.41, 5.74) is 6.93. The highest BCUT2D eigenvalue weighted by Gasteiger charge is 2.78. The first kappa shape index (κ1) is 20.8. The van der Waals surface area contributed by atoms with Gasteiger partial charge in [-0.05, 0) is 61.3 Å². The Morgan fingerprint density at radius 1 is 0.900 bits per heavy atom. The normalized spacial score (nSPS) is 23.2. The monoisotopic (exact) mass is 398 g/mol. The second-order valence-electron chi connectivity index (χ2n) is 9.19. The summed E-state index contributed by atoms with van der Waals surface area (Å²) in [6, 6.07) is 16.2. The van der Waals surface area contributed by atoms with Gasteiger partial charge in [0.15, 0.2) is 12.4 Å². The molecular formula is C29H36N+. The molecule has 1 aliphatic carbocycles. The number of benzene rings is 2. The molecular weight excluding hydrogens is 362 g/mol. The molecule has 1 heteroatoms. The van der Waals surface area contributed by atoms with Gasteiger partial charge in [-0.25, -0.2) is 0 Å². The molecule has 2 atom stereocenters. The zero-order valence-electron chi connectivity index (χ0n) is 19.4. The standard InChI is InChI=1S/C29H36N/c1-7-10-11-24-13-14-26-20-30(17-16-25(26)19-24)29(9-3)23(6)28(29,8-2)27-15-12-21(4)18-22(27)5/h12-20H,6-11H2,1-5H3/q+1. The van der Waals surface area contributed by atoms with Crippen LogP contribution in [0.1, 0.15) is 68.7 Å². The van der Waals surface area contributed by atoms with Crippen LogP contribution < -0.4 is 4.57 Å². The van der Waals surface area contributed by atoms with Gasteiger partial charge >= 0.3 is 0 Å².